The van der Waals surface area contributed by atoms with E-state index in [1.807, 2.05) is 6.92 Å². The zero-order valence-electron chi connectivity index (χ0n) is 11.4. The number of nitrogens with one attached hydrogen (secondary N) is 1. The molecule has 0 aliphatic carbocycles. The van der Waals surface area contributed by atoms with Crippen molar-refractivity contribution in [2.75, 3.05) is 11.9 Å². The molecule has 0 atom stereocenters. The Bertz CT molecular complexity index is 599. The lowest BCUT2D eigenvalue weighted by molar-refractivity contribution is -0.274. The van der Waals surface area contributed by atoms with Gasteiger partial charge < -0.3 is 10.1 Å². The molecular weight excluding hydrogens is 281 g/mol. The summed E-state index contributed by atoms with van der Waals surface area (Å²) in [5.74, 6) is -0.259. The zero-order valence-corrected chi connectivity index (χ0v) is 11.4. The fourth-order valence-corrected chi connectivity index (χ4v) is 1.85. The Morgan fingerprint density at radius 3 is 2.67 bits per heavy atom. The summed E-state index contributed by atoms with van der Waals surface area (Å²) in [6.45, 7) is 2.81. The predicted molar refractivity (Wildman–Crippen MR) is 75.1 cm³/mol. The van der Waals surface area contributed by atoms with Gasteiger partial charge in [-0.25, -0.2) is 0 Å². The number of halogens is 3. The van der Waals surface area contributed by atoms with E-state index in [0.717, 1.165) is 18.7 Å². The quantitative estimate of drug-likeness (QED) is 0.884. The number of benzene rings is 1. The third-order valence-corrected chi connectivity index (χ3v) is 2.73. The molecule has 112 valence electrons. The smallest absolute Gasteiger partial charge is 0.405 e. The molecule has 2 rings (SSSR count). The fraction of sp³-hybridized carbons (Fsp3) is 0.267. The summed E-state index contributed by atoms with van der Waals surface area (Å²) in [5, 5.41) is 3.17. The van der Waals surface area contributed by atoms with Crippen LogP contribution in [0.4, 0.5) is 18.9 Å². The summed E-state index contributed by atoms with van der Waals surface area (Å²) in [5.41, 5.74) is 1.54. The Hall–Kier alpha value is -2.24. The van der Waals surface area contributed by atoms with Gasteiger partial charge >= 0.3 is 6.36 Å². The molecular formula is C15H15F3N2O. The number of para-hydroxylation sites is 1. The van der Waals surface area contributed by atoms with Crippen LogP contribution in [0.2, 0.25) is 0 Å². The van der Waals surface area contributed by atoms with Crippen LogP contribution in [-0.2, 0) is 0 Å². The summed E-state index contributed by atoms with van der Waals surface area (Å²) < 4.78 is 41.3. The number of rotatable bonds is 5. The highest BCUT2D eigenvalue weighted by molar-refractivity contribution is 5.70. The first-order valence-electron chi connectivity index (χ1n) is 6.54. The second kappa shape index (κ2) is 6.47. The van der Waals surface area contributed by atoms with Crippen molar-refractivity contribution >= 4 is 5.69 Å². The summed E-state index contributed by atoms with van der Waals surface area (Å²) in [7, 11) is 0. The van der Waals surface area contributed by atoms with Gasteiger partial charge in [0.05, 0.1) is 5.69 Å². The van der Waals surface area contributed by atoms with Crippen LogP contribution in [-0.4, -0.2) is 17.9 Å². The number of aromatic nitrogens is 1. The number of ether oxygens (including phenoxy) is 1. The molecule has 0 bridgehead atoms. The first-order valence-corrected chi connectivity index (χ1v) is 6.54. The monoisotopic (exact) mass is 296 g/mol. The van der Waals surface area contributed by atoms with Crippen LogP contribution in [0.25, 0.3) is 11.3 Å². The van der Waals surface area contributed by atoms with Gasteiger partial charge in [-0.15, -0.1) is 13.2 Å². The Morgan fingerprint density at radius 2 is 1.95 bits per heavy atom. The highest BCUT2D eigenvalue weighted by Crippen LogP contribution is 2.33. The maximum Gasteiger partial charge on any atom is 0.573 e. The molecule has 1 N–H and O–H groups in total. The average Bonchev–Trinajstić information content (AvgIpc) is 2.44. The summed E-state index contributed by atoms with van der Waals surface area (Å²) in [4.78, 5) is 4.12. The van der Waals surface area contributed by atoms with E-state index in [1.54, 1.807) is 30.5 Å². The molecule has 1 heterocycles. The van der Waals surface area contributed by atoms with E-state index in [1.165, 1.54) is 12.1 Å². The number of nitrogens with zero attached hydrogens (tertiary/aromatic N) is 1. The highest BCUT2D eigenvalue weighted by Gasteiger charge is 2.32. The number of pyridine rings is 1. The maximum atomic E-state index is 12.4. The normalized spacial score (nSPS) is 11.2. The molecule has 6 heteroatoms. The standard InChI is InChI=1S/C15H15F3N2O/c1-2-8-19-11-7-9-20-13(10-11)12-5-3-4-6-14(12)21-15(16,17)18/h3-7,9-10H,2,8H2,1H3,(H,19,20). The number of anilines is 1. The molecule has 0 amide bonds. The topological polar surface area (TPSA) is 34.2 Å². The first kappa shape index (κ1) is 15.2. The van der Waals surface area contributed by atoms with Crippen molar-refractivity contribution in [1.29, 1.82) is 0 Å². The molecule has 0 spiro atoms. The predicted octanol–water partition coefficient (Wildman–Crippen LogP) is 4.47. The molecule has 3 nitrogen and oxygen atoms in total. The van der Waals surface area contributed by atoms with Crippen molar-refractivity contribution in [3.05, 3.63) is 42.6 Å². The second-order valence-electron chi connectivity index (χ2n) is 4.40. The molecule has 0 saturated heterocycles. The average molecular weight is 296 g/mol. The van der Waals surface area contributed by atoms with Crippen LogP contribution in [0, 0.1) is 0 Å². The molecule has 1 aromatic carbocycles. The number of hydrogen-bond acceptors (Lipinski definition) is 3. The van der Waals surface area contributed by atoms with Crippen molar-refractivity contribution in [1.82, 2.24) is 4.98 Å². The molecule has 0 radical (unpaired) electrons. The summed E-state index contributed by atoms with van der Waals surface area (Å²) in [6.07, 6.45) is -2.22. The van der Waals surface area contributed by atoms with Crippen LogP contribution in [0.3, 0.4) is 0 Å². The minimum Gasteiger partial charge on any atom is -0.405 e. The highest BCUT2D eigenvalue weighted by atomic mass is 19.4. The molecule has 0 saturated carbocycles. The van der Waals surface area contributed by atoms with E-state index in [0.29, 0.717) is 11.3 Å². The molecule has 21 heavy (non-hydrogen) atoms. The van der Waals surface area contributed by atoms with Gasteiger partial charge in [0.2, 0.25) is 0 Å². The lowest BCUT2D eigenvalue weighted by Gasteiger charge is -2.13. The van der Waals surface area contributed by atoms with E-state index in [9.17, 15) is 13.2 Å². The van der Waals surface area contributed by atoms with Gasteiger partial charge in [-0.1, -0.05) is 19.1 Å². The van der Waals surface area contributed by atoms with Crippen molar-refractivity contribution < 1.29 is 17.9 Å². The van der Waals surface area contributed by atoms with Crippen LogP contribution < -0.4 is 10.1 Å². The fourth-order valence-electron chi connectivity index (χ4n) is 1.85. The van der Waals surface area contributed by atoms with Gasteiger partial charge in [0, 0.05) is 24.0 Å². The van der Waals surface area contributed by atoms with Gasteiger partial charge in [0.1, 0.15) is 5.75 Å². The molecule has 0 fully saturated rings. The van der Waals surface area contributed by atoms with E-state index in [-0.39, 0.29) is 5.75 Å². The Kier molecular flexibility index (Phi) is 4.67. The minimum atomic E-state index is -4.73. The number of hydrogen-bond donors (Lipinski definition) is 1. The Balaban J connectivity index is 2.33. The molecule has 0 aliphatic rings. The molecule has 0 unspecified atom stereocenters. The molecule has 2 aromatic rings. The second-order valence-corrected chi connectivity index (χ2v) is 4.40. The van der Waals surface area contributed by atoms with Crippen molar-refractivity contribution in [2.24, 2.45) is 0 Å². The Morgan fingerprint density at radius 1 is 1.19 bits per heavy atom. The van der Waals surface area contributed by atoms with Gasteiger partial charge in [-0.05, 0) is 30.7 Å². The van der Waals surface area contributed by atoms with Crippen LogP contribution >= 0.6 is 0 Å². The number of alkyl halides is 3. The molecule has 0 aliphatic heterocycles. The van der Waals surface area contributed by atoms with Crippen molar-refractivity contribution in [3.8, 4) is 17.0 Å². The van der Waals surface area contributed by atoms with Gasteiger partial charge in [-0.2, -0.15) is 0 Å². The van der Waals surface area contributed by atoms with E-state index < -0.39 is 6.36 Å². The zero-order chi connectivity index (χ0) is 15.3. The molecule has 1 aromatic heterocycles. The SMILES string of the molecule is CCCNc1ccnc(-c2ccccc2OC(F)(F)F)c1. The van der Waals surface area contributed by atoms with Gasteiger partial charge in [0.15, 0.2) is 0 Å². The van der Waals surface area contributed by atoms with Crippen molar-refractivity contribution in [3.63, 3.8) is 0 Å². The lowest BCUT2D eigenvalue weighted by Crippen LogP contribution is -2.17. The van der Waals surface area contributed by atoms with Gasteiger partial charge in [-0.3, -0.25) is 4.98 Å². The van der Waals surface area contributed by atoms with Gasteiger partial charge in [0.25, 0.3) is 0 Å². The third-order valence-electron chi connectivity index (χ3n) is 2.73. The van der Waals surface area contributed by atoms with Crippen LogP contribution in [0.15, 0.2) is 42.6 Å². The van der Waals surface area contributed by atoms with Crippen molar-refractivity contribution in [2.45, 2.75) is 19.7 Å². The summed E-state index contributed by atoms with van der Waals surface area (Å²) >= 11 is 0. The van der Waals surface area contributed by atoms with Crippen LogP contribution in [0.5, 0.6) is 5.75 Å². The van der Waals surface area contributed by atoms with E-state index in [4.69, 9.17) is 0 Å². The third kappa shape index (κ3) is 4.37. The van der Waals surface area contributed by atoms with Crippen LogP contribution in [0.1, 0.15) is 13.3 Å². The summed E-state index contributed by atoms with van der Waals surface area (Å²) in [6, 6.07) is 9.43. The lowest BCUT2D eigenvalue weighted by atomic mass is 10.1. The minimum absolute atomic E-state index is 0.259. The first-order chi connectivity index (χ1) is 9.99. The Labute approximate surface area is 120 Å². The van der Waals surface area contributed by atoms with E-state index >= 15 is 0 Å². The van der Waals surface area contributed by atoms with E-state index in [2.05, 4.69) is 15.0 Å². The maximum absolute atomic E-state index is 12.4. The largest absolute Gasteiger partial charge is 0.573 e.